The van der Waals surface area contributed by atoms with Crippen molar-refractivity contribution in [3.63, 3.8) is 0 Å². The van der Waals surface area contributed by atoms with Gasteiger partial charge >= 0.3 is 5.97 Å². The molecule has 3 rings (SSSR count). The number of anilines is 1. The molecule has 140 valence electrons. The van der Waals surface area contributed by atoms with Crippen LogP contribution in [0.1, 0.15) is 52.9 Å². The normalized spacial score (nSPS) is 17.4. The molecule has 0 spiro atoms. The summed E-state index contributed by atoms with van der Waals surface area (Å²) in [5, 5.41) is 5.43. The van der Waals surface area contributed by atoms with Crippen LogP contribution >= 0.6 is 11.3 Å². The van der Waals surface area contributed by atoms with Crippen LogP contribution in [0.15, 0.2) is 22.8 Å². The summed E-state index contributed by atoms with van der Waals surface area (Å²) in [5.41, 5.74) is 1.58. The fourth-order valence-corrected chi connectivity index (χ4v) is 4.70. The van der Waals surface area contributed by atoms with Crippen molar-refractivity contribution in [3.8, 4) is 0 Å². The molecule has 1 aliphatic rings. The zero-order valence-corrected chi connectivity index (χ0v) is 16.2. The number of amides is 1. The molecular weight excluding hydrogens is 352 g/mol. The molecule has 1 aliphatic carbocycles. The van der Waals surface area contributed by atoms with Gasteiger partial charge in [0, 0.05) is 4.88 Å². The standard InChI is InChI=1S/C19H24N2O4S/c1-11-6-7-13-15(9-11)26-18(17(13)19(23)24-3)21-16(22)10-20-12(2)14-5-4-8-25-14/h4-5,8,11-12,20H,6-7,9-10H2,1-3H3,(H,21,22)/p+1/t11-,12+/m1/s1. The van der Waals surface area contributed by atoms with E-state index in [-0.39, 0.29) is 24.5 Å². The van der Waals surface area contributed by atoms with E-state index in [1.54, 1.807) is 6.26 Å². The highest BCUT2D eigenvalue weighted by Gasteiger charge is 2.29. The van der Waals surface area contributed by atoms with Gasteiger partial charge in [-0.05, 0) is 49.8 Å². The fourth-order valence-electron chi connectivity index (χ4n) is 3.28. The minimum Gasteiger partial charge on any atom is -0.465 e. The molecule has 2 aromatic rings. The molecule has 3 N–H and O–H groups in total. The minimum absolute atomic E-state index is 0.0493. The summed E-state index contributed by atoms with van der Waals surface area (Å²) in [6.45, 7) is 4.45. The second-order valence-electron chi connectivity index (χ2n) is 6.84. The highest BCUT2D eigenvalue weighted by atomic mass is 32.1. The molecule has 1 amide bonds. The maximum Gasteiger partial charge on any atom is 0.341 e. The predicted molar refractivity (Wildman–Crippen MR) is 99.4 cm³/mol. The number of fused-ring (bicyclic) bond motifs is 1. The third kappa shape index (κ3) is 3.99. The number of rotatable bonds is 6. The second kappa shape index (κ2) is 8.05. The van der Waals surface area contributed by atoms with E-state index in [9.17, 15) is 9.59 Å². The Morgan fingerprint density at radius 3 is 3.00 bits per heavy atom. The molecule has 2 heterocycles. The van der Waals surface area contributed by atoms with E-state index < -0.39 is 0 Å². The first-order valence-electron chi connectivity index (χ1n) is 8.89. The Labute approximate surface area is 156 Å². The first-order valence-corrected chi connectivity index (χ1v) is 9.70. The summed E-state index contributed by atoms with van der Waals surface area (Å²) in [6.07, 6.45) is 4.48. The topological polar surface area (TPSA) is 85.1 Å². The maximum absolute atomic E-state index is 12.4. The van der Waals surface area contributed by atoms with Gasteiger partial charge in [-0.3, -0.25) is 4.79 Å². The van der Waals surface area contributed by atoms with Crippen molar-refractivity contribution in [2.24, 2.45) is 5.92 Å². The Morgan fingerprint density at radius 2 is 2.31 bits per heavy atom. The third-order valence-electron chi connectivity index (χ3n) is 4.80. The molecule has 0 bridgehead atoms. The Balaban J connectivity index is 1.70. The van der Waals surface area contributed by atoms with Gasteiger partial charge in [0.25, 0.3) is 5.91 Å². The minimum atomic E-state index is -0.375. The number of methoxy groups -OCH3 is 1. The van der Waals surface area contributed by atoms with Crippen molar-refractivity contribution in [1.82, 2.24) is 0 Å². The summed E-state index contributed by atoms with van der Waals surface area (Å²) < 4.78 is 10.3. The van der Waals surface area contributed by atoms with Gasteiger partial charge in [0.15, 0.2) is 12.3 Å². The predicted octanol–water partition coefficient (Wildman–Crippen LogP) is 2.52. The number of esters is 1. The van der Waals surface area contributed by atoms with Gasteiger partial charge in [-0.25, -0.2) is 4.79 Å². The fraction of sp³-hybridized carbons (Fsp3) is 0.474. The van der Waals surface area contributed by atoms with E-state index in [4.69, 9.17) is 9.15 Å². The molecule has 0 saturated heterocycles. The number of carbonyl (C=O) groups excluding carboxylic acids is 2. The number of hydrogen-bond acceptors (Lipinski definition) is 5. The highest BCUT2D eigenvalue weighted by Crippen LogP contribution is 2.39. The van der Waals surface area contributed by atoms with E-state index in [1.165, 1.54) is 23.3 Å². The number of ether oxygens (including phenoxy) is 1. The first-order chi connectivity index (χ1) is 12.5. The van der Waals surface area contributed by atoms with Crippen LogP contribution < -0.4 is 10.6 Å². The molecule has 6 nitrogen and oxygen atoms in total. The Morgan fingerprint density at radius 1 is 1.50 bits per heavy atom. The van der Waals surface area contributed by atoms with Gasteiger partial charge in [0.05, 0.1) is 18.9 Å². The van der Waals surface area contributed by atoms with Gasteiger partial charge in [-0.2, -0.15) is 0 Å². The van der Waals surface area contributed by atoms with Crippen LogP contribution in [0, 0.1) is 5.92 Å². The van der Waals surface area contributed by atoms with Gasteiger partial charge in [-0.1, -0.05) is 6.92 Å². The van der Waals surface area contributed by atoms with Gasteiger partial charge in [0.1, 0.15) is 11.0 Å². The second-order valence-corrected chi connectivity index (χ2v) is 7.94. The quantitative estimate of drug-likeness (QED) is 0.758. The van der Waals surface area contributed by atoms with Crippen molar-refractivity contribution >= 4 is 28.2 Å². The maximum atomic E-state index is 12.4. The Hall–Kier alpha value is -2.12. The zero-order valence-electron chi connectivity index (χ0n) is 15.3. The molecule has 0 aromatic carbocycles. The highest BCUT2D eigenvalue weighted by molar-refractivity contribution is 7.17. The molecule has 2 aromatic heterocycles. The number of furan rings is 1. The molecule has 7 heteroatoms. The van der Waals surface area contributed by atoms with Crippen LogP contribution in [-0.4, -0.2) is 25.5 Å². The lowest BCUT2D eigenvalue weighted by molar-refractivity contribution is -0.684. The average molecular weight is 377 g/mol. The number of hydrogen-bond donors (Lipinski definition) is 2. The van der Waals surface area contributed by atoms with Crippen LogP contribution in [0.25, 0.3) is 0 Å². The molecule has 0 fully saturated rings. The van der Waals surface area contributed by atoms with Gasteiger partial charge in [-0.15, -0.1) is 11.3 Å². The Bertz CT molecular complexity index is 782. The number of nitrogens with one attached hydrogen (secondary N) is 1. The summed E-state index contributed by atoms with van der Waals surface area (Å²) in [7, 11) is 1.38. The monoisotopic (exact) mass is 377 g/mol. The van der Waals surface area contributed by atoms with Crippen LogP contribution in [0.5, 0.6) is 0 Å². The molecule has 0 aliphatic heterocycles. The van der Waals surface area contributed by atoms with Crippen molar-refractivity contribution in [2.75, 3.05) is 19.0 Å². The van der Waals surface area contributed by atoms with Gasteiger partial charge in [0.2, 0.25) is 0 Å². The number of quaternary nitrogens is 1. The Kier molecular flexibility index (Phi) is 5.78. The summed E-state index contributed by atoms with van der Waals surface area (Å²) >= 11 is 1.50. The molecule has 0 unspecified atom stereocenters. The molecular formula is C19H25N2O4S+. The van der Waals surface area contributed by atoms with Crippen molar-refractivity contribution in [3.05, 3.63) is 40.2 Å². The van der Waals surface area contributed by atoms with E-state index >= 15 is 0 Å². The van der Waals surface area contributed by atoms with Crippen LogP contribution in [0.4, 0.5) is 5.00 Å². The lowest BCUT2D eigenvalue weighted by Gasteiger charge is -2.18. The molecule has 2 atom stereocenters. The summed E-state index contributed by atoms with van der Waals surface area (Å²) in [5.74, 6) is 0.909. The molecule has 0 radical (unpaired) electrons. The van der Waals surface area contributed by atoms with E-state index in [0.717, 1.165) is 30.6 Å². The number of carbonyl (C=O) groups is 2. The number of nitrogens with two attached hydrogens (primary N) is 1. The van der Waals surface area contributed by atoms with E-state index in [0.29, 0.717) is 16.5 Å². The largest absolute Gasteiger partial charge is 0.465 e. The van der Waals surface area contributed by atoms with Gasteiger partial charge < -0.3 is 19.8 Å². The molecule has 0 saturated carbocycles. The summed E-state index contributed by atoms with van der Waals surface area (Å²) in [6, 6.07) is 3.77. The van der Waals surface area contributed by atoms with Crippen molar-refractivity contribution in [1.29, 1.82) is 0 Å². The van der Waals surface area contributed by atoms with Crippen molar-refractivity contribution in [2.45, 2.75) is 39.2 Å². The van der Waals surface area contributed by atoms with E-state index in [1.807, 2.05) is 24.4 Å². The van der Waals surface area contributed by atoms with Crippen molar-refractivity contribution < 1.29 is 24.1 Å². The smallest absolute Gasteiger partial charge is 0.341 e. The lowest BCUT2D eigenvalue weighted by atomic mass is 9.88. The number of thiophene rings is 1. The van der Waals surface area contributed by atoms with Crippen LogP contribution in [0.3, 0.4) is 0 Å². The van der Waals surface area contributed by atoms with Crippen LogP contribution in [0.2, 0.25) is 0 Å². The molecule has 26 heavy (non-hydrogen) atoms. The van der Waals surface area contributed by atoms with Crippen LogP contribution in [-0.2, 0) is 22.4 Å². The third-order valence-corrected chi connectivity index (χ3v) is 5.97. The SMILES string of the molecule is COC(=O)c1c(NC(=O)C[NH2+][C@@H](C)c2ccco2)sc2c1CC[C@@H](C)C2. The first kappa shape index (κ1) is 18.7. The summed E-state index contributed by atoms with van der Waals surface area (Å²) in [4.78, 5) is 25.9. The zero-order chi connectivity index (χ0) is 18.7. The lowest BCUT2D eigenvalue weighted by Crippen LogP contribution is -2.86. The van der Waals surface area contributed by atoms with E-state index in [2.05, 4.69) is 12.2 Å². The average Bonchev–Trinajstić information content (AvgIpc) is 3.26.